The first-order valence-corrected chi connectivity index (χ1v) is 6.10. The Labute approximate surface area is 102 Å². The summed E-state index contributed by atoms with van der Waals surface area (Å²) < 4.78 is 11.2. The molecule has 1 fully saturated rings. The Morgan fingerprint density at radius 3 is 2.94 bits per heavy atom. The fraction of sp³-hybridized carbons (Fsp3) is 0.538. The molecule has 4 nitrogen and oxygen atoms in total. The van der Waals surface area contributed by atoms with Crippen LogP contribution in [0.4, 0.5) is 0 Å². The smallest absolute Gasteiger partial charge is 0.119 e. The third-order valence-electron chi connectivity index (χ3n) is 2.91. The van der Waals surface area contributed by atoms with Gasteiger partial charge in [0, 0.05) is 26.2 Å². The quantitative estimate of drug-likeness (QED) is 0.818. The Morgan fingerprint density at radius 2 is 2.18 bits per heavy atom. The second kappa shape index (κ2) is 6.59. The van der Waals surface area contributed by atoms with Crippen molar-refractivity contribution in [2.75, 3.05) is 39.4 Å². The van der Waals surface area contributed by atoms with E-state index in [4.69, 9.17) is 15.2 Å². The zero-order valence-corrected chi connectivity index (χ0v) is 10.0. The van der Waals surface area contributed by atoms with Crippen molar-refractivity contribution >= 4 is 0 Å². The summed E-state index contributed by atoms with van der Waals surface area (Å²) in [5.41, 5.74) is 5.60. The van der Waals surface area contributed by atoms with Crippen molar-refractivity contribution in [2.45, 2.75) is 6.10 Å². The Balaban J connectivity index is 1.68. The van der Waals surface area contributed by atoms with E-state index in [1.165, 1.54) is 0 Å². The Hall–Kier alpha value is -1.10. The lowest BCUT2D eigenvalue weighted by atomic mass is 10.3. The van der Waals surface area contributed by atoms with Crippen LogP contribution in [-0.2, 0) is 4.74 Å². The monoisotopic (exact) mass is 236 g/mol. The highest BCUT2D eigenvalue weighted by atomic mass is 16.5. The molecule has 1 aromatic rings. The summed E-state index contributed by atoms with van der Waals surface area (Å²) in [6, 6.07) is 9.90. The van der Waals surface area contributed by atoms with Crippen molar-refractivity contribution < 1.29 is 9.47 Å². The number of benzene rings is 1. The molecule has 0 spiro atoms. The predicted molar refractivity (Wildman–Crippen MR) is 67.2 cm³/mol. The lowest BCUT2D eigenvalue weighted by molar-refractivity contribution is -0.0261. The molecule has 1 aliphatic rings. The van der Waals surface area contributed by atoms with Crippen LogP contribution >= 0.6 is 0 Å². The van der Waals surface area contributed by atoms with Crippen molar-refractivity contribution in [1.82, 2.24) is 4.90 Å². The molecule has 4 heteroatoms. The van der Waals surface area contributed by atoms with E-state index in [-0.39, 0.29) is 6.10 Å². The van der Waals surface area contributed by atoms with E-state index < -0.39 is 0 Å². The van der Waals surface area contributed by atoms with Crippen LogP contribution in [-0.4, -0.2) is 50.4 Å². The van der Waals surface area contributed by atoms with Crippen molar-refractivity contribution in [3.8, 4) is 5.75 Å². The zero-order chi connectivity index (χ0) is 11.9. The number of morpholine rings is 1. The standard InChI is InChI=1S/C13H20N2O2/c14-10-13-11-15(7-9-17-13)6-8-16-12-4-2-1-3-5-12/h1-5,13H,6-11,14H2. The first kappa shape index (κ1) is 12.4. The topological polar surface area (TPSA) is 47.7 Å². The Bertz CT molecular complexity index is 318. The predicted octanol–water partition coefficient (Wildman–Crippen LogP) is 0.725. The van der Waals surface area contributed by atoms with Crippen LogP contribution in [0, 0.1) is 0 Å². The highest BCUT2D eigenvalue weighted by Crippen LogP contribution is 2.09. The fourth-order valence-electron chi connectivity index (χ4n) is 1.94. The van der Waals surface area contributed by atoms with Crippen LogP contribution in [0.1, 0.15) is 0 Å². The highest BCUT2D eigenvalue weighted by Gasteiger charge is 2.18. The van der Waals surface area contributed by atoms with Crippen LogP contribution in [0.3, 0.4) is 0 Å². The van der Waals surface area contributed by atoms with Crippen LogP contribution in [0.2, 0.25) is 0 Å². The summed E-state index contributed by atoms with van der Waals surface area (Å²) in [5, 5.41) is 0. The van der Waals surface area contributed by atoms with Gasteiger partial charge in [-0.25, -0.2) is 0 Å². The van der Waals surface area contributed by atoms with Gasteiger partial charge in [-0.3, -0.25) is 4.90 Å². The van der Waals surface area contributed by atoms with Crippen LogP contribution in [0.15, 0.2) is 30.3 Å². The maximum Gasteiger partial charge on any atom is 0.119 e. The summed E-state index contributed by atoms with van der Waals surface area (Å²) in [6.45, 7) is 4.88. The van der Waals surface area contributed by atoms with Crippen molar-refractivity contribution in [3.63, 3.8) is 0 Å². The first-order chi connectivity index (χ1) is 8.38. The first-order valence-electron chi connectivity index (χ1n) is 6.10. The second-order valence-corrected chi connectivity index (χ2v) is 4.19. The molecule has 1 saturated heterocycles. The molecule has 94 valence electrons. The fourth-order valence-corrected chi connectivity index (χ4v) is 1.94. The van der Waals surface area contributed by atoms with Gasteiger partial charge in [0.05, 0.1) is 12.7 Å². The molecular weight excluding hydrogens is 216 g/mol. The van der Waals surface area contributed by atoms with Gasteiger partial charge in [0.2, 0.25) is 0 Å². The van der Waals surface area contributed by atoms with Gasteiger partial charge in [0.1, 0.15) is 12.4 Å². The van der Waals surface area contributed by atoms with Gasteiger partial charge in [0.25, 0.3) is 0 Å². The molecule has 2 N–H and O–H groups in total. The normalized spacial score (nSPS) is 21.4. The average molecular weight is 236 g/mol. The van der Waals surface area contributed by atoms with E-state index in [1.54, 1.807) is 0 Å². The van der Waals surface area contributed by atoms with E-state index in [0.29, 0.717) is 13.2 Å². The highest BCUT2D eigenvalue weighted by molar-refractivity contribution is 5.20. The van der Waals surface area contributed by atoms with Crippen molar-refractivity contribution in [2.24, 2.45) is 5.73 Å². The van der Waals surface area contributed by atoms with Gasteiger partial charge >= 0.3 is 0 Å². The second-order valence-electron chi connectivity index (χ2n) is 4.19. The minimum Gasteiger partial charge on any atom is -0.492 e. The van der Waals surface area contributed by atoms with Crippen molar-refractivity contribution in [1.29, 1.82) is 0 Å². The largest absolute Gasteiger partial charge is 0.492 e. The van der Waals surface area contributed by atoms with Gasteiger partial charge in [-0.2, -0.15) is 0 Å². The number of nitrogens with two attached hydrogens (primary N) is 1. The number of hydrogen-bond acceptors (Lipinski definition) is 4. The van der Waals surface area contributed by atoms with E-state index >= 15 is 0 Å². The number of nitrogens with zero attached hydrogens (tertiary/aromatic N) is 1. The van der Waals surface area contributed by atoms with Gasteiger partial charge in [-0.1, -0.05) is 18.2 Å². The van der Waals surface area contributed by atoms with Crippen LogP contribution in [0.25, 0.3) is 0 Å². The van der Waals surface area contributed by atoms with Gasteiger partial charge < -0.3 is 15.2 Å². The van der Waals surface area contributed by atoms with E-state index in [0.717, 1.165) is 32.0 Å². The molecular formula is C13H20N2O2. The summed E-state index contributed by atoms with van der Waals surface area (Å²) in [4.78, 5) is 2.34. The average Bonchev–Trinajstić information content (AvgIpc) is 2.40. The molecule has 0 amide bonds. The minimum atomic E-state index is 0.181. The molecule has 1 aromatic carbocycles. The Kier molecular flexibility index (Phi) is 4.79. The zero-order valence-electron chi connectivity index (χ0n) is 10.0. The Morgan fingerprint density at radius 1 is 1.35 bits per heavy atom. The molecule has 1 atom stereocenters. The molecule has 0 bridgehead atoms. The van der Waals surface area contributed by atoms with Gasteiger partial charge in [-0.15, -0.1) is 0 Å². The maximum absolute atomic E-state index is 5.66. The number of hydrogen-bond donors (Lipinski definition) is 1. The van der Waals surface area contributed by atoms with Crippen LogP contribution in [0.5, 0.6) is 5.75 Å². The molecule has 1 unspecified atom stereocenters. The lowest BCUT2D eigenvalue weighted by Crippen LogP contribution is -2.46. The molecule has 1 heterocycles. The molecule has 0 radical (unpaired) electrons. The summed E-state index contributed by atoms with van der Waals surface area (Å²) in [7, 11) is 0. The number of rotatable bonds is 5. The number of para-hydroxylation sites is 1. The molecule has 1 aliphatic heterocycles. The molecule has 0 saturated carbocycles. The molecule has 0 aliphatic carbocycles. The third kappa shape index (κ3) is 4.00. The van der Waals surface area contributed by atoms with Crippen LogP contribution < -0.4 is 10.5 Å². The van der Waals surface area contributed by atoms with E-state index in [2.05, 4.69) is 4.90 Å². The number of ether oxygens (including phenoxy) is 2. The molecule has 17 heavy (non-hydrogen) atoms. The SMILES string of the molecule is NCC1CN(CCOc2ccccc2)CCO1. The lowest BCUT2D eigenvalue weighted by Gasteiger charge is -2.32. The maximum atomic E-state index is 5.66. The van der Waals surface area contributed by atoms with Crippen molar-refractivity contribution in [3.05, 3.63) is 30.3 Å². The molecule has 0 aromatic heterocycles. The van der Waals surface area contributed by atoms with E-state index in [1.807, 2.05) is 30.3 Å². The van der Waals surface area contributed by atoms with Gasteiger partial charge in [0.15, 0.2) is 0 Å². The summed E-state index contributed by atoms with van der Waals surface area (Å²) >= 11 is 0. The summed E-state index contributed by atoms with van der Waals surface area (Å²) in [6.07, 6.45) is 0.181. The summed E-state index contributed by atoms with van der Waals surface area (Å²) in [5.74, 6) is 0.927. The van der Waals surface area contributed by atoms with Gasteiger partial charge in [-0.05, 0) is 12.1 Å². The molecule has 2 rings (SSSR count). The van der Waals surface area contributed by atoms with E-state index in [9.17, 15) is 0 Å². The minimum absolute atomic E-state index is 0.181. The third-order valence-corrected chi connectivity index (χ3v) is 2.91.